The van der Waals surface area contributed by atoms with E-state index in [1.54, 1.807) is 11.9 Å². The van der Waals surface area contributed by atoms with Gasteiger partial charge in [0.25, 0.3) is 0 Å². The van der Waals surface area contributed by atoms with Crippen LogP contribution in [0.3, 0.4) is 0 Å². The Balaban J connectivity index is 1.82. The first-order valence-electron chi connectivity index (χ1n) is 6.76. The van der Waals surface area contributed by atoms with Crippen LogP contribution in [-0.2, 0) is 4.79 Å². The van der Waals surface area contributed by atoms with Crippen molar-refractivity contribution in [2.45, 2.75) is 18.9 Å². The van der Waals surface area contributed by atoms with E-state index >= 15 is 0 Å². The molecule has 1 amide bonds. The predicted molar refractivity (Wildman–Crippen MR) is 76.1 cm³/mol. The van der Waals surface area contributed by atoms with Crippen molar-refractivity contribution >= 4 is 11.6 Å². The highest BCUT2D eigenvalue weighted by Gasteiger charge is 2.31. The molecule has 1 fully saturated rings. The van der Waals surface area contributed by atoms with Crippen molar-refractivity contribution in [1.29, 1.82) is 0 Å². The molecule has 1 N–H and O–H groups in total. The second-order valence-corrected chi connectivity index (χ2v) is 5.37. The summed E-state index contributed by atoms with van der Waals surface area (Å²) < 4.78 is 0. The first-order chi connectivity index (χ1) is 9.08. The molecular weight excluding hydrogens is 240 g/mol. The van der Waals surface area contributed by atoms with E-state index in [1.807, 2.05) is 42.3 Å². The number of nitrogens with zero attached hydrogens (tertiary/aromatic N) is 2. The summed E-state index contributed by atoms with van der Waals surface area (Å²) in [5.41, 5.74) is 1.02. The maximum Gasteiger partial charge on any atom is 0.241 e. The molecule has 19 heavy (non-hydrogen) atoms. The van der Waals surface area contributed by atoms with E-state index in [2.05, 4.69) is 0 Å². The van der Waals surface area contributed by atoms with Crippen LogP contribution >= 0.6 is 0 Å². The lowest BCUT2D eigenvalue weighted by molar-refractivity contribution is -0.129. The first kappa shape index (κ1) is 13.9. The van der Waals surface area contributed by atoms with Crippen LogP contribution in [0.2, 0.25) is 0 Å². The number of para-hydroxylation sites is 1. The molecule has 0 aromatic heterocycles. The summed E-state index contributed by atoms with van der Waals surface area (Å²) in [6.45, 7) is 0.768. The quantitative estimate of drug-likeness (QED) is 0.841. The van der Waals surface area contributed by atoms with Crippen molar-refractivity contribution in [3.8, 4) is 0 Å². The maximum absolute atomic E-state index is 12.1. The molecule has 1 aliphatic carbocycles. The van der Waals surface area contributed by atoms with Crippen LogP contribution in [0.5, 0.6) is 0 Å². The number of hydrogen-bond acceptors (Lipinski definition) is 3. The number of benzene rings is 1. The number of rotatable bonds is 6. The van der Waals surface area contributed by atoms with Gasteiger partial charge in [0.2, 0.25) is 5.91 Å². The van der Waals surface area contributed by atoms with Crippen LogP contribution in [0.15, 0.2) is 30.3 Å². The molecule has 0 radical (unpaired) electrons. The molecule has 2 rings (SSSR count). The minimum atomic E-state index is -0.365. The van der Waals surface area contributed by atoms with Crippen LogP contribution in [-0.4, -0.2) is 49.2 Å². The van der Waals surface area contributed by atoms with Gasteiger partial charge in [-0.1, -0.05) is 18.2 Å². The number of amides is 1. The van der Waals surface area contributed by atoms with Crippen LogP contribution in [0.25, 0.3) is 0 Å². The molecule has 0 saturated heterocycles. The number of aliphatic hydroxyl groups is 1. The van der Waals surface area contributed by atoms with Crippen molar-refractivity contribution in [3.63, 3.8) is 0 Å². The highest BCUT2D eigenvalue weighted by molar-refractivity contribution is 5.81. The third-order valence-electron chi connectivity index (χ3n) is 3.62. The van der Waals surface area contributed by atoms with Crippen molar-refractivity contribution in [3.05, 3.63) is 30.3 Å². The molecule has 1 saturated carbocycles. The second-order valence-electron chi connectivity index (χ2n) is 5.37. The number of anilines is 1. The Kier molecular flexibility index (Phi) is 4.43. The van der Waals surface area contributed by atoms with Gasteiger partial charge in [0.15, 0.2) is 0 Å². The van der Waals surface area contributed by atoms with E-state index in [0.717, 1.165) is 18.5 Å². The topological polar surface area (TPSA) is 43.8 Å². The highest BCUT2D eigenvalue weighted by atomic mass is 16.3. The standard InChI is InChI=1S/C15H22N2O2/c1-16(13-6-4-3-5-7-13)11-15(19)17(2)10-14(18)12-8-9-12/h3-7,12,14,18H,8-11H2,1-2H3. The van der Waals surface area contributed by atoms with E-state index < -0.39 is 0 Å². The number of carbonyl (C=O) groups is 1. The van der Waals surface area contributed by atoms with Gasteiger partial charge in [0.05, 0.1) is 12.6 Å². The van der Waals surface area contributed by atoms with E-state index in [0.29, 0.717) is 19.0 Å². The molecule has 1 aromatic carbocycles. The summed E-state index contributed by atoms with van der Waals surface area (Å²) in [6, 6.07) is 9.82. The Morgan fingerprint density at radius 3 is 2.53 bits per heavy atom. The third-order valence-corrected chi connectivity index (χ3v) is 3.62. The summed E-state index contributed by atoms with van der Waals surface area (Å²) in [6.07, 6.45) is 1.82. The molecule has 0 aliphatic heterocycles. The van der Waals surface area contributed by atoms with Crippen molar-refractivity contribution < 1.29 is 9.90 Å². The van der Waals surface area contributed by atoms with Crippen molar-refractivity contribution in [2.24, 2.45) is 5.92 Å². The highest BCUT2D eigenvalue weighted by Crippen LogP contribution is 2.32. The summed E-state index contributed by atoms with van der Waals surface area (Å²) in [7, 11) is 3.66. The van der Waals surface area contributed by atoms with E-state index in [-0.39, 0.29) is 12.0 Å². The molecule has 0 bridgehead atoms. The minimum Gasteiger partial charge on any atom is -0.391 e. The zero-order chi connectivity index (χ0) is 13.8. The SMILES string of the molecule is CN(CC(O)C1CC1)C(=O)CN(C)c1ccccc1. The van der Waals surface area contributed by atoms with Gasteiger partial charge in [0.1, 0.15) is 0 Å². The number of carbonyl (C=O) groups excluding carboxylic acids is 1. The monoisotopic (exact) mass is 262 g/mol. The molecule has 1 aromatic rings. The lowest BCUT2D eigenvalue weighted by Crippen LogP contribution is -2.40. The van der Waals surface area contributed by atoms with Gasteiger partial charge in [-0.2, -0.15) is 0 Å². The Labute approximate surface area is 114 Å². The number of aliphatic hydroxyl groups excluding tert-OH is 1. The van der Waals surface area contributed by atoms with Gasteiger partial charge in [-0.15, -0.1) is 0 Å². The minimum absolute atomic E-state index is 0.0334. The smallest absolute Gasteiger partial charge is 0.241 e. The fraction of sp³-hybridized carbons (Fsp3) is 0.533. The molecule has 0 heterocycles. The zero-order valence-electron chi connectivity index (χ0n) is 11.6. The molecule has 0 spiro atoms. The van der Waals surface area contributed by atoms with Crippen molar-refractivity contribution in [2.75, 3.05) is 32.1 Å². The summed E-state index contributed by atoms with van der Waals surface area (Å²) in [5, 5.41) is 9.85. The Bertz CT molecular complexity index is 417. The van der Waals surface area contributed by atoms with E-state index in [9.17, 15) is 9.90 Å². The van der Waals surface area contributed by atoms with Crippen LogP contribution < -0.4 is 4.90 Å². The predicted octanol–water partition coefficient (Wildman–Crippen LogP) is 1.35. The number of likely N-dealkylation sites (N-methyl/N-ethyl adjacent to an activating group) is 2. The molecule has 4 heteroatoms. The van der Waals surface area contributed by atoms with Gasteiger partial charge in [0, 0.05) is 26.3 Å². The molecule has 1 atom stereocenters. The molecule has 4 nitrogen and oxygen atoms in total. The zero-order valence-corrected chi connectivity index (χ0v) is 11.6. The van der Waals surface area contributed by atoms with Crippen LogP contribution in [0.4, 0.5) is 5.69 Å². The summed E-state index contributed by atoms with van der Waals surface area (Å²) in [4.78, 5) is 15.6. The van der Waals surface area contributed by atoms with Gasteiger partial charge in [-0.3, -0.25) is 4.79 Å². The average Bonchev–Trinajstić information content (AvgIpc) is 3.23. The Hall–Kier alpha value is -1.55. The maximum atomic E-state index is 12.1. The Morgan fingerprint density at radius 2 is 1.95 bits per heavy atom. The number of hydrogen-bond donors (Lipinski definition) is 1. The molecule has 1 unspecified atom stereocenters. The van der Waals surface area contributed by atoms with Gasteiger partial charge < -0.3 is 14.9 Å². The molecular formula is C15H22N2O2. The van der Waals surface area contributed by atoms with Crippen LogP contribution in [0.1, 0.15) is 12.8 Å². The second kappa shape index (κ2) is 6.06. The van der Waals surface area contributed by atoms with E-state index in [1.165, 1.54) is 0 Å². The van der Waals surface area contributed by atoms with Gasteiger partial charge in [-0.25, -0.2) is 0 Å². The Morgan fingerprint density at radius 1 is 1.32 bits per heavy atom. The fourth-order valence-electron chi connectivity index (χ4n) is 2.11. The molecule has 1 aliphatic rings. The largest absolute Gasteiger partial charge is 0.391 e. The summed E-state index contributed by atoms with van der Waals surface area (Å²) >= 11 is 0. The van der Waals surface area contributed by atoms with E-state index in [4.69, 9.17) is 0 Å². The average molecular weight is 262 g/mol. The molecule has 104 valence electrons. The van der Waals surface area contributed by atoms with Crippen molar-refractivity contribution in [1.82, 2.24) is 4.90 Å². The van der Waals surface area contributed by atoms with Crippen LogP contribution in [0, 0.1) is 5.92 Å². The first-order valence-corrected chi connectivity index (χ1v) is 6.76. The van der Waals surface area contributed by atoms with Gasteiger partial charge >= 0.3 is 0 Å². The van der Waals surface area contributed by atoms with Gasteiger partial charge in [-0.05, 0) is 30.9 Å². The lowest BCUT2D eigenvalue weighted by atomic mass is 10.2. The lowest BCUT2D eigenvalue weighted by Gasteiger charge is -2.25. The normalized spacial score (nSPS) is 15.9. The third kappa shape index (κ3) is 3.96. The summed E-state index contributed by atoms with van der Waals surface area (Å²) in [5.74, 6) is 0.438. The fourth-order valence-corrected chi connectivity index (χ4v) is 2.11.